The summed E-state index contributed by atoms with van der Waals surface area (Å²) in [5.41, 5.74) is 4.78. The Morgan fingerprint density at radius 3 is 2.62 bits per heavy atom. The van der Waals surface area contributed by atoms with Gasteiger partial charge in [0.05, 0.1) is 6.54 Å². The van der Waals surface area contributed by atoms with Crippen molar-refractivity contribution < 1.29 is 4.79 Å². The highest BCUT2D eigenvalue weighted by atomic mass is 16.1. The maximum Gasteiger partial charge on any atom is 0.235 e. The van der Waals surface area contributed by atoms with Crippen LogP contribution in [0.15, 0.2) is 17.1 Å². The van der Waals surface area contributed by atoms with Gasteiger partial charge in [-0.15, -0.1) is 0 Å². The predicted octanol–water partition coefficient (Wildman–Crippen LogP) is 2.45. The molecule has 68 valence electrons. The van der Waals surface area contributed by atoms with Gasteiger partial charge >= 0.3 is 0 Å². The number of hydrogen-bond acceptors (Lipinski definition) is 2. The van der Waals surface area contributed by atoms with Gasteiger partial charge in [-0.2, -0.15) is 0 Å². The summed E-state index contributed by atoms with van der Waals surface area (Å²) >= 11 is 0. The average molecular weight is 175 g/mol. The van der Waals surface area contributed by atoms with E-state index in [1.54, 1.807) is 6.08 Å². The molecule has 1 aromatic rings. The van der Waals surface area contributed by atoms with Crippen molar-refractivity contribution in [1.82, 2.24) is 0 Å². The molecule has 0 aromatic heterocycles. The first-order valence-corrected chi connectivity index (χ1v) is 4.25. The van der Waals surface area contributed by atoms with Gasteiger partial charge in [0.2, 0.25) is 6.08 Å². The van der Waals surface area contributed by atoms with E-state index >= 15 is 0 Å². The summed E-state index contributed by atoms with van der Waals surface area (Å²) in [6.45, 7) is 6.60. The Morgan fingerprint density at radius 2 is 2.00 bits per heavy atom. The molecule has 0 N–H and O–H groups in total. The van der Waals surface area contributed by atoms with Crippen molar-refractivity contribution in [2.45, 2.75) is 27.3 Å². The SMILES string of the molecule is Cc1cc(C)c(C)c(CN=C=O)c1. The van der Waals surface area contributed by atoms with Gasteiger partial charge in [-0.1, -0.05) is 17.7 Å². The predicted molar refractivity (Wildman–Crippen MR) is 52.5 cm³/mol. The van der Waals surface area contributed by atoms with E-state index in [2.05, 4.69) is 24.0 Å². The van der Waals surface area contributed by atoms with E-state index in [9.17, 15) is 4.79 Å². The standard InChI is InChI=1S/C11H13NO/c1-8-4-9(2)10(3)11(5-8)6-12-7-13/h4-5H,6H2,1-3H3. The van der Waals surface area contributed by atoms with Gasteiger partial charge in [-0.25, -0.2) is 9.79 Å². The molecule has 0 amide bonds. The number of hydrogen-bond donors (Lipinski definition) is 0. The average Bonchev–Trinajstić information content (AvgIpc) is 2.09. The number of nitrogens with zero attached hydrogens (tertiary/aromatic N) is 1. The summed E-state index contributed by atoms with van der Waals surface area (Å²) in [5.74, 6) is 0. The second kappa shape index (κ2) is 4.01. The van der Waals surface area contributed by atoms with Crippen LogP contribution in [0.4, 0.5) is 0 Å². The third-order valence-corrected chi connectivity index (χ3v) is 2.23. The summed E-state index contributed by atoms with van der Waals surface area (Å²) in [5, 5.41) is 0. The molecule has 0 bridgehead atoms. The minimum absolute atomic E-state index is 0.442. The van der Waals surface area contributed by atoms with Crippen molar-refractivity contribution in [2.24, 2.45) is 4.99 Å². The molecule has 1 rings (SSSR count). The maximum absolute atomic E-state index is 9.97. The highest BCUT2D eigenvalue weighted by Crippen LogP contribution is 2.16. The lowest BCUT2D eigenvalue weighted by atomic mass is 10.0. The number of isocyanates is 1. The van der Waals surface area contributed by atoms with E-state index in [4.69, 9.17) is 0 Å². The zero-order valence-corrected chi connectivity index (χ0v) is 8.22. The summed E-state index contributed by atoms with van der Waals surface area (Å²) < 4.78 is 0. The zero-order chi connectivity index (χ0) is 9.84. The van der Waals surface area contributed by atoms with Gasteiger partial charge in [-0.3, -0.25) is 0 Å². The molecular weight excluding hydrogens is 162 g/mol. The van der Waals surface area contributed by atoms with E-state index in [-0.39, 0.29) is 0 Å². The van der Waals surface area contributed by atoms with Gasteiger partial charge in [0.15, 0.2) is 0 Å². The third kappa shape index (κ3) is 2.27. The lowest BCUT2D eigenvalue weighted by Gasteiger charge is -2.07. The van der Waals surface area contributed by atoms with Crippen LogP contribution < -0.4 is 0 Å². The molecule has 0 unspecified atom stereocenters. The molecule has 0 aliphatic carbocycles. The van der Waals surface area contributed by atoms with E-state index in [0.717, 1.165) is 5.56 Å². The number of carbonyl (C=O) groups excluding carboxylic acids is 1. The Kier molecular flexibility index (Phi) is 2.99. The zero-order valence-electron chi connectivity index (χ0n) is 8.22. The van der Waals surface area contributed by atoms with Gasteiger partial charge in [-0.05, 0) is 37.5 Å². The number of aliphatic imine (C=N–C) groups is 1. The summed E-state index contributed by atoms with van der Waals surface area (Å²) in [7, 11) is 0. The van der Waals surface area contributed by atoms with Crippen molar-refractivity contribution >= 4 is 6.08 Å². The maximum atomic E-state index is 9.97. The van der Waals surface area contributed by atoms with Crippen LogP contribution in [0.3, 0.4) is 0 Å². The minimum atomic E-state index is 0.442. The molecule has 0 atom stereocenters. The first-order valence-electron chi connectivity index (χ1n) is 4.25. The summed E-state index contributed by atoms with van der Waals surface area (Å²) in [6.07, 6.45) is 1.56. The Labute approximate surface area is 78.3 Å². The van der Waals surface area contributed by atoms with Gasteiger partial charge in [0.25, 0.3) is 0 Å². The van der Waals surface area contributed by atoms with Gasteiger partial charge < -0.3 is 0 Å². The summed E-state index contributed by atoms with van der Waals surface area (Å²) in [6, 6.07) is 4.19. The van der Waals surface area contributed by atoms with Crippen LogP contribution in [0, 0.1) is 20.8 Å². The second-order valence-corrected chi connectivity index (χ2v) is 3.27. The molecule has 0 saturated heterocycles. The van der Waals surface area contributed by atoms with Gasteiger partial charge in [0, 0.05) is 0 Å². The molecule has 0 aliphatic rings. The molecule has 0 saturated carbocycles. The van der Waals surface area contributed by atoms with Crippen LogP contribution in [0.2, 0.25) is 0 Å². The molecule has 0 radical (unpaired) electrons. The number of aryl methyl sites for hydroxylation is 2. The van der Waals surface area contributed by atoms with E-state index < -0.39 is 0 Å². The Balaban J connectivity index is 3.12. The Hall–Kier alpha value is -1.40. The quantitative estimate of drug-likeness (QED) is 0.501. The molecule has 0 fully saturated rings. The van der Waals surface area contributed by atoms with Crippen LogP contribution in [0.25, 0.3) is 0 Å². The van der Waals surface area contributed by atoms with Gasteiger partial charge in [0.1, 0.15) is 0 Å². The molecule has 2 nitrogen and oxygen atoms in total. The van der Waals surface area contributed by atoms with Crippen LogP contribution in [0.5, 0.6) is 0 Å². The summed E-state index contributed by atoms with van der Waals surface area (Å²) in [4.78, 5) is 13.5. The highest BCUT2D eigenvalue weighted by molar-refractivity contribution is 5.39. The Bertz CT molecular complexity index is 363. The smallest absolute Gasteiger partial charge is 0.211 e. The fourth-order valence-corrected chi connectivity index (χ4v) is 1.41. The van der Waals surface area contributed by atoms with Crippen LogP contribution in [-0.2, 0) is 11.3 Å². The minimum Gasteiger partial charge on any atom is -0.211 e. The van der Waals surface area contributed by atoms with Crippen LogP contribution >= 0.6 is 0 Å². The molecule has 2 heteroatoms. The largest absolute Gasteiger partial charge is 0.235 e. The number of rotatable bonds is 2. The number of benzene rings is 1. The molecule has 1 aromatic carbocycles. The molecular formula is C11H13NO. The van der Waals surface area contributed by atoms with E-state index in [0.29, 0.717) is 6.54 Å². The van der Waals surface area contributed by atoms with Crippen LogP contribution in [0.1, 0.15) is 22.3 Å². The molecule has 0 spiro atoms. The van der Waals surface area contributed by atoms with Crippen molar-refractivity contribution in [3.8, 4) is 0 Å². The van der Waals surface area contributed by atoms with E-state index in [1.807, 2.05) is 13.8 Å². The lowest BCUT2D eigenvalue weighted by molar-refractivity contribution is 0.562. The normalized spacial score (nSPS) is 9.46. The topological polar surface area (TPSA) is 29.4 Å². The monoisotopic (exact) mass is 175 g/mol. The van der Waals surface area contributed by atoms with Crippen molar-refractivity contribution in [2.75, 3.05) is 0 Å². The van der Waals surface area contributed by atoms with Crippen molar-refractivity contribution in [1.29, 1.82) is 0 Å². The first-order chi connectivity index (χ1) is 6.15. The lowest BCUT2D eigenvalue weighted by Crippen LogP contribution is -1.92. The Morgan fingerprint density at radius 1 is 1.31 bits per heavy atom. The second-order valence-electron chi connectivity index (χ2n) is 3.27. The third-order valence-electron chi connectivity index (χ3n) is 2.23. The van der Waals surface area contributed by atoms with E-state index in [1.165, 1.54) is 16.7 Å². The fourth-order valence-electron chi connectivity index (χ4n) is 1.41. The van der Waals surface area contributed by atoms with Crippen LogP contribution in [-0.4, -0.2) is 6.08 Å². The first kappa shape index (κ1) is 9.69. The van der Waals surface area contributed by atoms with Crippen molar-refractivity contribution in [3.63, 3.8) is 0 Å². The fraction of sp³-hybridized carbons (Fsp3) is 0.364. The molecule has 0 aliphatic heterocycles. The molecule has 0 heterocycles. The molecule has 13 heavy (non-hydrogen) atoms. The highest BCUT2D eigenvalue weighted by Gasteiger charge is 2.01. The van der Waals surface area contributed by atoms with Crippen molar-refractivity contribution in [3.05, 3.63) is 34.4 Å².